The Bertz CT molecular complexity index is 867. The molecule has 0 amide bonds. The molecule has 0 spiro atoms. The third-order valence-electron chi connectivity index (χ3n) is 3.02. The molecule has 0 aliphatic rings. The van der Waals surface area contributed by atoms with Crippen molar-refractivity contribution in [1.29, 1.82) is 0 Å². The minimum atomic E-state index is -0.522. The molecule has 0 fully saturated rings. The third kappa shape index (κ3) is 3.07. The van der Waals surface area contributed by atoms with Gasteiger partial charge in [-0.1, -0.05) is 30.0 Å². The fourth-order valence-corrected chi connectivity index (χ4v) is 3.06. The van der Waals surface area contributed by atoms with Crippen LogP contribution in [0.15, 0.2) is 52.8 Å². The van der Waals surface area contributed by atoms with Crippen molar-refractivity contribution in [3.8, 4) is 5.88 Å². The number of aromatic nitrogens is 3. The van der Waals surface area contributed by atoms with Crippen molar-refractivity contribution in [2.45, 2.75) is 16.8 Å². The van der Waals surface area contributed by atoms with Crippen LogP contribution >= 0.6 is 11.8 Å². The Morgan fingerprint density at radius 2 is 2.04 bits per heavy atom. The predicted molar refractivity (Wildman–Crippen MR) is 85.7 cm³/mol. The molecule has 0 saturated heterocycles. The monoisotopic (exact) mass is 328 g/mol. The number of pyridine rings is 1. The Morgan fingerprint density at radius 1 is 1.22 bits per heavy atom. The molecule has 7 nitrogen and oxygen atoms in total. The maximum absolute atomic E-state index is 11.4. The summed E-state index contributed by atoms with van der Waals surface area (Å²) in [6, 6.07) is 9.45. The van der Waals surface area contributed by atoms with Crippen LogP contribution in [0.1, 0.15) is 6.92 Å². The molecule has 0 aliphatic carbocycles. The van der Waals surface area contributed by atoms with E-state index in [-0.39, 0.29) is 23.2 Å². The number of hydrogen-bond acceptors (Lipinski definition) is 7. The first-order chi connectivity index (χ1) is 11.2. The normalized spacial score (nSPS) is 10.7. The van der Waals surface area contributed by atoms with E-state index in [9.17, 15) is 10.1 Å². The molecule has 0 unspecified atom stereocenters. The van der Waals surface area contributed by atoms with E-state index in [0.717, 1.165) is 15.8 Å². The number of nitro groups is 1. The van der Waals surface area contributed by atoms with Gasteiger partial charge in [0.15, 0.2) is 5.03 Å². The number of rotatable bonds is 5. The zero-order valence-corrected chi connectivity index (χ0v) is 13.0. The lowest BCUT2D eigenvalue weighted by atomic mass is 10.2. The summed E-state index contributed by atoms with van der Waals surface area (Å²) in [4.78, 5) is 23.9. The number of nitrogens with zero attached hydrogens (tertiary/aromatic N) is 4. The summed E-state index contributed by atoms with van der Waals surface area (Å²) < 4.78 is 5.24. The average Bonchev–Trinajstić information content (AvgIpc) is 2.55. The van der Waals surface area contributed by atoms with Gasteiger partial charge in [-0.15, -0.1) is 0 Å². The highest BCUT2D eigenvalue weighted by molar-refractivity contribution is 7.99. The molecule has 8 heteroatoms. The molecule has 23 heavy (non-hydrogen) atoms. The Balaban J connectivity index is 2.09. The lowest BCUT2D eigenvalue weighted by Gasteiger charge is -2.07. The second-order valence-corrected chi connectivity index (χ2v) is 5.49. The van der Waals surface area contributed by atoms with Crippen LogP contribution in [0.5, 0.6) is 5.88 Å². The average molecular weight is 328 g/mol. The SMILES string of the molecule is CCOc1ncnc(Sc2cccc3cccnc23)c1[N+](=O)[O-]. The number of hydrogen-bond donors (Lipinski definition) is 0. The van der Waals surface area contributed by atoms with Crippen molar-refractivity contribution in [2.75, 3.05) is 6.61 Å². The van der Waals surface area contributed by atoms with Crippen molar-refractivity contribution >= 4 is 28.4 Å². The summed E-state index contributed by atoms with van der Waals surface area (Å²) in [6.07, 6.45) is 2.95. The van der Waals surface area contributed by atoms with Crippen LogP contribution in [-0.2, 0) is 0 Å². The van der Waals surface area contributed by atoms with Crippen LogP contribution < -0.4 is 4.74 Å². The van der Waals surface area contributed by atoms with Crippen LogP contribution in [0.2, 0.25) is 0 Å². The Hall–Kier alpha value is -2.74. The zero-order chi connectivity index (χ0) is 16.2. The van der Waals surface area contributed by atoms with E-state index in [4.69, 9.17) is 4.74 Å². The van der Waals surface area contributed by atoms with Gasteiger partial charge in [-0.3, -0.25) is 15.1 Å². The highest BCUT2D eigenvalue weighted by atomic mass is 32.2. The summed E-state index contributed by atoms with van der Waals surface area (Å²) in [5.41, 5.74) is 0.540. The van der Waals surface area contributed by atoms with Crippen molar-refractivity contribution in [1.82, 2.24) is 15.0 Å². The second-order valence-electron chi connectivity index (χ2n) is 4.46. The fourth-order valence-electron chi connectivity index (χ4n) is 2.08. The molecule has 2 aromatic heterocycles. The van der Waals surface area contributed by atoms with Gasteiger partial charge in [0.25, 0.3) is 5.88 Å². The summed E-state index contributed by atoms with van der Waals surface area (Å²) in [5, 5.41) is 12.6. The number of fused-ring (bicyclic) bond motifs is 1. The highest BCUT2D eigenvalue weighted by Crippen LogP contribution is 2.39. The Morgan fingerprint density at radius 3 is 2.83 bits per heavy atom. The van der Waals surface area contributed by atoms with Crippen LogP contribution in [0.3, 0.4) is 0 Å². The summed E-state index contributed by atoms with van der Waals surface area (Å²) in [6.45, 7) is 2.03. The van der Waals surface area contributed by atoms with E-state index in [1.807, 2.05) is 30.3 Å². The molecule has 3 aromatic rings. The van der Waals surface area contributed by atoms with Crippen molar-refractivity contribution < 1.29 is 9.66 Å². The molecule has 0 N–H and O–H groups in total. The smallest absolute Gasteiger partial charge is 0.363 e. The van der Waals surface area contributed by atoms with Gasteiger partial charge >= 0.3 is 5.69 Å². The molecule has 2 heterocycles. The fraction of sp³-hybridized carbons (Fsp3) is 0.133. The molecule has 0 radical (unpaired) electrons. The van der Waals surface area contributed by atoms with E-state index in [1.54, 1.807) is 13.1 Å². The van der Waals surface area contributed by atoms with E-state index in [1.165, 1.54) is 18.1 Å². The summed E-state index contributed by atoms with van der Waals surface area (Å²) >= 11 is 1.18. The van der Waals surface area contributed by atoms with Gasteiger partial charge in [0, 0.05) is 16.5 Å². The van der Waals surface area contributed by atoms with Gasteiger partial charge < -0.3 is 4.74 Å². The second kappa shape index (κ2) is 6.57. The standard InChI is InChI=1S/C15H12N4O3S/c1-2-22-14-13(19(20)21)15(18-9-17-14)23-11-7-3-5-10-6-4-8-16-12(10)11/h3-9H,2H2,1H3. The maximum Gasteiger partial charge on any atom is 0.363 e. The topological polar surface area (TPSA) is 91.0 Å². The maximum atomic E-state index is 11.4. The molecule has 0 aliphatic heterocycles. The van der Waals surface area contributed by atoms with Crippen molar-refractivity contribution in [3.63, 3.8) is 0 Å². The molecular formula is C15H12N4O3S. The quantitative estimate of drug-likeness (QED) is 0.402. The van der Waals surface area contributed by atoms with Gasteiger partial charge in [0.05, 0.1) is 17.0 Å². The lowest BCUT2D eigenvalue weighted by molar-refractivity contribution is -0.389. The summed E-state index contributed by atoms with van der Waals surface area (Å²) in [7, 11) is 0. The molecular weight excluding hydrogens is 316 g/mol. The van der Waals surface area contributed by atoms with Gasteiger partial charge in [-0.05, 0) is 19.1 Å². The minimum absolute atomic E-state index is 0.0248. The van der Waals surface area contributed by atoms with Crippen LogP contribution in [0.25, 0.3) is 10.9 Å². The molecule has 3 rings (SSSR count). The van der Waals surface area contributed by atoms with Gasteiger partial charge in [0.1, 0.15) is 6.33 Å². The summed E-state index contributed by atoms with van der Waals surface area (Å²) in [5.74, 6) is -0.0248. The molecule has 116 valence electrons. The van der Waals surface area contributed by atoms with Crippen LogP contribution in [-0.4, -0.2) is 26.5 Å². The largest absolute Gasteiger partial charge is 0.473 e. The first-order valence-corrected chi connectivity index (χ1v) is 7.66. The molecule has 1 aromatic carbocycles. The minimum Gasteiger partial charge on any atom is -0.473 e. The molecule has 0 atom stereocenters. The molecule has 0 saturated carbocycles. The number of ether oxygens (including phenoxy) is 1. The highest BCUT2D eigenvalue weighted by Gasteiger charge is 2.25. The van der Waals surface area contributed by atoms with Crippen LogP contribution in [0.4, 0.5) is 5.69 Å². The first kappa shape index (κ1) is 15.2. The van der Waals surface area contributed by atoms with E-state index >= 15 is 0 Å². The first-order valence-electron chi connectivity index (χ1n) is 6.84. The third-order valence-corrected chi connectivity index (χ3v) is 4.06. The van der Waals surface area contributed by atoms with Gasteiger partial charge in [-0.25, -0.2) is 4.98 Å². The molecule has 0 bridgehead atoms. The van der Waals surface area contributed by atoms with Gasteiger partial charge in [-0.2, -0.15) is 4.98 Å². The van der Waals surface area contributed by atoms with E-state index in [2.05, 4.69) is 15.0 Å². The zero-order valence-electron chi connectivity index (χ0n) is 12.2. The van der Waals surface area contributed by atoms with Crippen molar-refractivity contribution in [3.05, 3.63) is 53.0 Å². The number of benzene rings is 1. The van der Waals surface area contributed by atoms with E-state index in [0.29, 0.717) is 0 Å². The number of para-hydroxylation sites is 1. The van der Waals surface area contributed by atoms with Crippen LogP contribution in [0, 0.1) is 10.1 Å². The Kier molecular flexibility index (Phi) is 4.33. The van der Waals surface area contributed by atoms with E-state index < -0.39 is 4.92 Å². The lowest BCUT2D eigenvalue weighted by Crippen LogP contribution is -2.02. The van der Waals surface area contributed by atoms with Crippen molar-refractivity contribution in [2.24, 2.45) is 0 Å². The predicted octanol–water partition coefficient (Wildman–Crippen LogP) is 3.48. The Labute approximate surface area is 135 Å². The van der Waals surface area contributed by atoms with Gasteiger partial charge in [0.2, 0.25) is 0 Å².